The molecule has 0 aliphatic carbocycles. The van der Waals surface area contributed by atoms with Crippen molar-refractivity contribution in [2.24, 2.45) is 7.05 Å². The van der Waals surface area contributed by atoms with E-state index in [4.69, 9.17) is 16.3 Å². The van der Waals surface area contributed by atoms with E-state index in [-0.39, 0.29) is 31.0 Å². The van der Waals surface area contributed by atoms with Crippen LogP contribution in [0.25, 0.3) is 0 Å². The first kappa shape index (κ1) is 25.0. The molecule has 2 aromatic heterocycles. The molecule has 2 aliphatic rings. The molecule has 2 aromatic rings. The number of aromatic nitrogens is 3. The summed E-state index contributed by atoms with van der Waals surface area (Å²) in [7, 11) is -1.98. The number of hydrogen-bond donors (Lipinski definition) is 1. The fourth-order valence-electron chi connectivity index (χ4n) is 4.12. The first-order valence-electron chi connectivity index (χ1n) is 11.0. The highest BCUT2D eigenvalue weighted by molar-refractivity contribution is 7.89. The number of amides is 2. The molecule has 11 nitrogen and oxygen atoms in total. The van der Waals surface area contributed by atoms with Crippen LogP contribution >= 0.6 is 22.9 Å². The van der Waals surface area contributed by atoms with Gasteiger partial charge in [-0.2, -0.15) is 5.10 Å². The first-order valence-corrected chi connectivity index (χ1v) is 13.8. The van der Waals surface area contributed by atoms with Crippen LogP contribution in [0.2, 0.25) is 4.34 Å². The number of nitrogens with one attached hydrogen (secondary N) is 1. The van der Waals surface area contributed by atoms with Crippen molar-refractivity contribution < 1.29 is 22.7 Å². The number of thiophene rings is 1. The summed E-state index contributed by atoms with van der Waals surface area (Å²) in [5, 5.41) is 4.06. The molecule has 2 aliphatic heterocycles. The highest BCUT2D eigenvalue weighted by Crippen LogP contribution is 2.23. The van der Waals surface area contributed by atoms with Crippen molar-refractivity contribution >= 4 is 44.8 Å². The highest BCUT2D eigenvalue weighted by Gasteiger charge is 2.42. The van der Waals surface area contributed by atoms with Gasteiger partial charge < -0.3 is 14.5 Å². The number of sulfonamides is 1. The van der Waals surface area contributed by atoms with Gasteiger partial charge in [-0.15, -0.1) is 11.3 Å². The largest absolute Gasteiger partial charge is 0.378 e. The minimum atomic E-state index is -3.71. The molecule has 4 rings (SSSR count). The van der Waals surface area contributed by atoms with Crippen molar-refractivity contribution in [1.29, 1.82) is 0 Å². The molecule has 14 heteroatoms. The van der Waals surface area contributed by atoms with Gasteiger partial charge in [-0.1, -0.05) is 11.6 Å². The third-order valence-corrected chi connectivity index (χ3v) is 8.65. The Hall–Kier alpha value is -2.06. The lowest BCUT2D eigenvalue weighted by molar-refractivity contribution is -0.146. The second-order valence-electron chi connectivity index (χ2n) is 8.22. The molecule has 2 fully saturated rings. The van der Waals surface area contributed by atoms with Crippen molar-refractivity contribution in [3.05, 3.63) is 33.5 Å². The lowest BCUT2D eigenvalue weighted by Crippen LogP contribution is -2.54. The van der Waals surface area contributed by atoms with Gasteiger partial charge in [0.15, 0.2) is 0 Å². The summed E-state index contributed by atoms with van der Waals surface area (Å²) in [6.45, 7) is 2.03. The van der Waals surface area contributed by atoms with Gasteiger partial charge >= 0.3 is 0 Å². The third-order valence-electron chi connectivity index (χ3n) is 5.97. The number of halogens is 1. The van der Waals surface area contributed by atoms with Gasteiger partial charge in [0.05, 0.1) is 23.3 Å². The van der Waals surface area contributed by atoms with Crippen molar-refractivity contribution in [2.45, 2.75) is 31.3 Å². The predicted molar refractivity (Wildman–Crippen MR) is 126 cm³/mol. The topological polar surface area (TPSA) is 127 Å². The molecule has 2 amide bonds. The first-order chi connectivity index (χ1) is 16.2. The second-order valence-corrected chi connectivity index (χ2v) is 11.9. The van der Waals surface area contributed by atoms with Crippen LogP contribution in [0.5, 0.6) is 0 Å². The SMILES string of the molecule is Cn1ncnc1C[C@H](C(=O)N1CCOCC1)N1CC[C@H](NS(=O)(=O)CCc2ccc(Cl)s2)C1=O. The molecular weight excluding hydrogens is 504 g/mol. The Bertz CT molecular complexity index is 1130. The molecule has 0 saturated carbocycles. The van der Waals surface area contributed by atoms with Crippen molar-refractivity contribution in [2.75, 3.05) is 38.6 Å². The summed E-state index contributed by atoms with van der Waals surface area (Å²) in [4.78, 5) is 34.9. The zero-order valence-electron chi connectivity index (χ0n) is 18.7. The van der Waals surface area contributed by atoms with E-state index in [1.165, 1.54) is 22.6 Å². The maximum absolute atomic E-state index is 13.4. The van der Waals surface area contributed by atoms with Crippen molar-refractivity contribution in [1.82, 2.24) is 29.3 Å². The van der Waals surface area contributed by atoms with Gasteiger partial charge in [0.25, 0.3) is 0 Å². The summed E-state index contributed by atoms with van der Waals surface area (Å²) < 4.78 is 35.3. The fraction of sp³-hybridized carbons (Fsp3) is 0.600. The van der Waals surface area contributed by atoms with Crippen LogP contribution in [0.3, 0.4) is 0 Å². The molecule has 2 saturated heterocycles. The Balaban J connectivity index is 1.45. The smallest absolute Gasteiger partial charge is 0.246 e. The molecule has 0 aromatic carbocycles. The number of ether oxygens (including phenoxy) is 1. The molecular formula is C20H27ClN6O5S2. The van der Waals surface area contributed by atoms with E-state index >= 15 is 0 Å². The number of carbonyl (C=O) groups is 2. The summed E-state index contributed by atoms with van der Waals surface area (Å²) in [6, 6.07) is 1.81. The van der Waals surface area contributed by atoms with E-state index in [0.717, 1.165) is 4.88 Å². The van der Waals surface area contributed by atoms with E-state index in [0.29, 0.717) is 42.9 Å². The number of morpholine rings is 1. The van der Waals surface area contributed by atoms with Gasteiger partial charge in [0.2, 0.25) is 21.8 Å². The molecule has 0 spiro atoms. The molecule has 186 valence electrons. The van der Waals surface area contributed by atoms with Gasteiger partial charge in [-0.05, 0) is 25.0 Å². The second kappa shape index (κ2) is 10.7. The van der Waals surface area contributed by atoms with E-state index < -0.39 is 28.0 Å². The van der Waals surface area contributed by atoms with Crippen LogP contribution < -0.4 is 4.72 Å². The monoisotopic (exact) mass is 530 g/mol. The number of hydrogen-bond acceptors (Lipinski definition) is 8. The van der Waals surface area contributed by atoms with Crippen LogP contribution in [0, 0.1) is 0 Å². The summed E-state index contributed by atoms with van der Waals surface area (Å²) >= 11 is 7.24. The van der Waals surface area contributed by atoms with E-state index in [9.17, 15) is 18.0 Å². The van der Waals surface area contributed by atoms with Crippen LogP contribution in [0.15, 0.2) is 18.5 Å². The van der Waals surface area contributed by atoms with E-state index in [1.54, 1.807) is 28.8 Å². The Kier molecular flexibility index (Phi) is 7.87. The summed E-state index contributed by atoms with van der Waals surface area (Å²) in [6.07, 6.45) is 2.18. The Labute approximate surface area is 207 Å². The maximum atomic E-state index is 13.4. The Morgan fingerprint density at radius 2 is 2.09 bits per heavy atom. The fourth-order valence-corrected chi connectivity index (χ4v) is 6.60. The molecule has 0 radical (unpaired) electrons. The van der Waals surface area contributed by atoms with Gasteiger partial charge in [-0.3, -0.25) is 14.3 Å². The molecule has 0 bridgehead atoms. The van der Waals surface area contributed by atoms with Crippen LogP contribution in [-0.2, 0) is 44.2 Å². The van der Waals surface area contributed by atoms with E-state index in [2.05, 4.69) is 14.8 Å². The van der Waals surface area contributed by atoms with Crippen LogP contribution in [0.4, 0.5) is 0 Å². The van der Waals surface area contributed by atoms with Crippen LogP contribution in [-0.4, -0.2) is 95.5 Å². The normalized spacial score (nSPS) is 20.2. The molecule has 1 N–H and O–H groups in total. The third kappa shape index (κ3) is 5.95. The number of aryl methyl sites for hydroxylation is 2. The summed E-state index contributed by atoms with van der Waals surface area (Å²) in [5.41, 5.74) is 0. The average Bonchev–Trinajstić information content (AvgIpc) is 3.52. The zero-order chi connectivity index (χ0) is 24.3. The molecule has 34 heavy (non-hydrogen) atoms. The number of carbonyl (C=O) groups excluding carboxylic acids is 2. The zero-order valence-corrected chi connectivity index (χ0v) is 21.1. The average molecular weight is 531 g/mol. The molecule has 0 unspecified atom stereocenters. The minimum absolute atomic E-state index is 0.150. The lowest BCUT2D eigenvalue weighted by Gasteiger charge is -2.34. The molecule has 4 heterocycles. The van der Waals surface area contributed by atoms with Crippen molar-refractivity contribution in [3.8, 4) is 0 Å². The Morgan fingerprint density at radius 1 is 1.32 bits per heavy atom. The maximum Gasteiger partial charge on any atom is 0.246 e. The Morgan fingerprint density at radius 3 is 2.74 bits per heavy atom. The standard InChI is InChI=1S/C20H27ClN6O5S2/c1-25-18(22-13-23-25)12-16(20(29)26-7-9-32-10-8-26)27-6-4-15(19(27)28)24-34(30,31)11-5-14-2-3-17(21)33-14/h2-3,13,15-16,24H,4-12H2,1H3/t15-,16+/m0/s1. The number of nitrogens with zero attached hydrogens (tertiary/aromatic N) is 5. The van der Waals surface area contributed by atoms with Gasteiger partial charge in [0, 0.05) is 38.0 Å². The van der Waals surface area contributed by atoms with Gasteiger partial charge in [0.1, 0.15) is 24.2 Å². The predicted octanol–water partition coefficient (Wildman–Crippen LogP) is 0.0629. The quantitative estimate of drug-likeness (QED) is 0.486. The van der Waals surface area contributed by atoms with Crippen LogP contribution in [0.1, 0.15) is 17.1 Å². The van der Waals surface area contributed by atoms with Gasteiger partial charge in [-0.25, -0.2) is 18.1 Å². The molecule has 2 atom stereocenters. The lowest BCUT2D eigenvalue weighted by atomic mass is 10.1. The highest BCUT2D eigenvalue weighted by atomic mass is 35.5. The minimum Gasteiger partial charge on any atom is -0.378 e. The number of likely N-dealkylation sites (tertiary alicyclic amines) is 1. The van der Waals surface area contributed by atoms with Crippen molar-refractivity contribution in [3.63, 3.8) is 0 Å². The van der Waals surface area contributed by atoms with E-state index in [1.807, 2.05) is 0 Å². The summed E-state index contributed by atoms with van der Waals surface area (Å²) in [5.74, 6) is -0.185. The number of rotatable bonds is 9.